The fourth-order valence-electron chi connectivity index (χ4n) is 3.05. The van der Waals surface area contributed by atoms with E-state index in [1.54, 1.807) is 6.07 Å². The Morgan fingerprint density at radius 2 is 2.13 bits per heavy atom. The Balaban J connectivity index is 1.81. The lowest BCUT2D eigenvalue weighted by Crippen LogP contribution is -2.35. The van der Waals surface area contributed by atoms with E-state index in [-0.39, 0.29) is 0 Å². The molecule has 120 valence electrons. The maximum atomic E-state index is 9.43. The highest BCUT2D eigenvalue weighted by molar-refractivity contribution is 6.31. The summed E-state index contributed by atoms with van der Waals surface area (Å²) in [6, 6.07) is 9.65. The zero-order chi connectivity index (χ0) is 16.2. The number of hydrogen-bond acceptors (Lipinski definition) is 4. The minimum Gasteiger partial charge on any atom is -0.381 e. The second kappa shape index (κ2) is 7.16. The quantitative estimate of drug-likeness (QED) is 0.850. The lowest BCUT2D eigenvalue weighted by molar-refractivity contribution is 0.100. The third-order valence-electron chi connectivity index (χ3n) is 4.37. The van der Waals surface area contributed by atoms with Crippen LogP contribution < -0.4 is 4.90 Å². The van der Waals surface area contributed by atoms with Crippen LogP contribution in [0.1, 0.15) is 25.3 Å². The standard InChI is InChI=1S/C18H20ClN3O/c1-2-23-12-13-5-7-22(8-6-13)18-9-14(11-20)16-10-15(19)3-4-17(16)21-18/h3-4,9-10,13H,2,5-8,12H2,1H3. The normalized spacial score (nSPS) is 15.8. The smallest absolute Gasteiger partial charge is 0.130 e. The monoisotopic (exact) mass is 329 g/mol. The Kier molecular flexibility index (Phi) is 5.00. The van der Waals surface area contributed by atoms with Crippen molar-refractivity contribution in [3.05, 3.63) is 34.9 Å². The van der Waals surface area contributed by atoms with Crippen molar-refractivity contribution in [3.63, 3.8) is 0 Å². The molecule has 2 aromatic rings. The summed E-state index contributed by atoms with van der Waals surface area (Å²) in [6.07, 6.45) is 2.20. The first-order chi connectivity index (χ1) is 11.2. The fraction of sp³-hybridized carbons (Fsp3) is 0.444. The number of aromatic nitrogens is 1. The predicted molar refractivity (Wildman–Crippen MR) is 92.9 cm³/mol. The molecule has 1 aliphatic heterocycles. The molecule has 0 N–H and O–H groups in total. The van der Waals surface area contributed by atoms with Gasteiger partial charge < -0.3 is 9.64 Å². The molecule has 1 aromatic carbocycles. The highest BCUT2D eigenvalue weighted by atomic mass is 35.5. The van der Waals surface area contributed by atoms with Gasteiger partial charge in [0, 0.05) is 36.7 Å². The summed E-state index contributed by atoms with van der Waals surface area (Å²) in [5, 5.41) is 10.9. The maximum Gasteiger partial charge on any atom is 0.130 e. The molecule has 0 bridgehead atoms. The number of nitrogens with zero attached hydrogens (tertiary/aromatic N) is 3. The lowest BCUT2D eigenvalue weighted by Gasteiger charge is -2.32. The van der Waals surface area contributed by atoms with Gasteiger partial charge in [-0.15, -0.1) is 0 Å². The molecule has 1 fully saturated rings. The Morgan fingerprint density at radius 1 is 1.35 bits per heavy atom. The second-order valence-corrected chi connectivity index (χ2v) is 6.33. The van der Waals surface area contributed by atoms with E-state index >= 15 is 0 Å². The first kappa shape index (κ1) is 16.0. The Labute approximate surface area is 141 Å². The van der Waals surface area contributed by atoms with E-state index in [0.717, 1.165) is 55.9 Å². The van der Waals surface area contributed by atoms with Gasteiger partial charge in [0.25, 0.3) is 0 Å². The highest BCUT2D eigenvalue weighted by Gasteiger charge is 2.21. The number of hydrogen-bond donors (Lipinski definition) is 0. The van der Waals surface area contributed by atoms with Crippen LogP contribution in [-0.4, -0.2) is 31.3 Å². The molecule has 0 radical (unpaired) electrons. The van der Waals surface area contributed by atoms with Crippen LogP contribution in [0.4, 0.5) is 5.82 Å². The summed E-state index contributed by atoms with van der Waals surface area (Å²) in [7, 11) is 0. The molecule has 0 saturated carbocycles. The zero-order valence-electron chi connectivity index (χ0n) is 13.3. The van der Waals surface area contributed by atoms with Gasteiger partial charge in [-0.1, -0.05) is 11.6 Å². The van der Waals surface area contributed by atoms with Crippen molar-refractivity contribution in [1.82, 2.24) is 4.98 Å². The van der Waals surface area contributed by atoms with E-state index < -0.39 is 0 Å². The van der Waals surface area contributed by atoms with Crippen molar-refractivity contribution >= 4 is 28.3 Å². The number of piperidine rings is 1. The number of halogens is 1. The maximum absolute atomic E-state index is 9.43. The fourth-order valence-corrected chi connectivity index (χ4v) is 3.22. The van der Waals surface area contributed by atoms with Gasteiger partial charge in [0.15, 0.2) is 0 Å². The minimum atomic E-state index is 0.625. The Morgan fingerprint density at radius 3 is 2.83 bits per heavy atom. The molecule has 23 heavy (non-hydrogen) atoms. The van der Waals surface area contributed by atoms with E-state index in [4.69, 9.17) is 21.3 Å². The molecule has 1 aromatic heterocycles. The van der Waals surface area contributed by atoms with Crippen LogP contribution in [0.15, 0.2) is 24.3 Å². The molecular weight excluding hydrogens is 310 g/mol. The van der Waals surface area contributed by atoms with Gasteiger partial charge in [0.1, 0.15) is 5.82 Å². The third kappa shape index (κ3) is 3.57. The van der Waals surface area contributed by atoms with Gasteiger partial charge >= 0.3 is 0 Å². The van der Waals surface area contributed by atoms with Crippen LogP contribution in [0.2, 0.25) is 5.02 Å². The van der Waals surface area contributed by atoms with Crippen molar-refractivity contribution in [2.24, 2.45) is 5.92 Å². The van der Waals surface area contributed by atoms with Gasteiger partial charge in [-0.3, -0.25) is 0 Å². The van der Waals surface area contributed by atoms with Crippen molar-refractivity contribution in [1.29, 1.82) is 5.26 Å². The molecule has 5 heteroatoms. The Hall–Kier alpha value is -1.83. The number of ether oxygens (including phenoxy) is 1. The number of pyridine rings is 1. The van der Waals surface area contributed by atoms with Crippen LogP contribution in [0.3, 0.4) is 0 Å². The SMILES string of the molecule is CCOCC1CCN(c2cc(C#N)c3cc(Cl)ccc3n2)CC1. The molecule has 0 aliphatic carbocycles. The molecule has 1 aliphatic rings. The van der Waals surface area contributed by atoms with E-state index in [0.29, 0.717) is 16.5 Å². The first-order valence-corrected chi connectivity index (χ1v) is 8.42. The lowest BCUT2D eigenvalue weighted by atomic mass is 9.97. The van der Waals surface area contributed by atoms with Crippen LogP contribution in [-0.2, 0) is 4.74 Å². The highest BCUT2D eigenvalue weighted by Crippen LogP contribution is 2.28. The number of rotatable bonds is 4. The number of benzene rings is 1. The van der Waals surface area contributed by atoms with Gasteiger partial charge in [0.2, 0.25) is 0 Å². The first-order valence-electron chi connectivity index (χ1n) is 8.04. The molecule has 2 heterocycles. The van der Waals surface area contributed by atoms with E-state index in [2.05, 4.69) is 11.0 Å². The number of fused-ring (bicyclic) bond motifs is 1. The summed E-state index contributed by atoms with van der Waals surface area (Å²) in [5.41, 5.74) is 1.45. The molecular formula is C18H20ClN3O. The number of anilines is 1. The molecule has 0 unspecified atom stereocenters. The van der Waals surface area contributed by atoms with Crippen LogP contribution in [0.5, 0.6) is 0 Å². The predicted octanol–water partition coefficient (Wildman–Crippen LogP) is 4.01. The summed E-state index contributed by atoms with van der Waals surface area (Å²) in [6.45, 7) is 5.56. The molecule has 0 amide bonds. The molecule has 1 saturated heterocycles. The average molecular weight is 330 g/mol. The van der Waals surface area contributed by atoms with Crippen molar-refractivity contribution in [3.8, 4) is 6.07 Å². The zero-order valence-corrected chi connectivity index (χ0v) is 14.0. The third-order valence-corrected chi connectivity index (χ3v) is 4.61. The second-order valence-electron chi connectivity index (χ2n) is 5.89. The van der Waals surface area contributed by atoms with Gasteiger partial charge in [-0.2, -0.15) is 5.26 Å². The molecule has 0 atom stereocenters. The van der Waals surface area contributed by atoms with Crippen molar-refractivity contribution < 1.29 is 4.74 Å². The van der Waals surface area contributed by atoms with Crippen LogP contribution in [0, 0.1) is 17.2 Å². The summed E-state index contributed by atoms with van der Waals surface area (Å²) in [4.78, 5) is 6.98. The van der Waals surface area contributed by atoms with Gasteiger partial charge in [-0.05, 0) is 49.9 Å². The van der Waals surface area contributed by atoms with E-state index in [1.807, 2.05) is 25.1 Å². The van der Waals surface area contributed by atoms with Crippen LogP contribution in [0.25, 0.3) is 10.9 Å². The topological polar surface area (TPSA) is 49.1 Å². The van der Waals surface area contributed by atoms with Crippen molar-refractivity contribution in [2.45, 2.75) is 19.8 Å². The Bertz CT molecular complexity index is 733. The molecule has 3 rings (SSSR count). The number of nitriles is 1. The van der Waals surface area contributed by atoms with Crippen LogP contribution >= 0.6 is 11.6 Å². The largest absolute Gasteiger partial charge is 0.381 e. The van der Waals surface area contributed by atoms with Crippen molar-refractivity contribution in [2.75, 3.05) is 31.2 Å². The van der Waals surface area contributed by atoms with E-state index in [1.165, 1.54) is 0 Å². The van der Waals surface area contributed by atoms with E-state index in [9.17, 15) is 5.26 Å². The van der Waals surface area contributed by atoms with Gasteiger partial charge in [-0.25, -0.2) is 4.98 Å². The summed E-state index contributed by atoms with van der Waals surface area (Å²) in [5.74, 6) is 1.51. The minimum absolute atomic E-state index is 0.625. The summed E-state index contributed by atoms with van der Waals surface area (Å²) >= 11 is 6.03. The summed E-state index contributed by atoms with van der Waals surface area (Å²) < 4.78 is 5.53. The molecule has 4 nitrogen and oxygen atoms in total. The van der Waals surface area contributed by atoms with Gasteiger partial charge in [0.05, 0.1) is 17.1 Å². The molecule has 0 spiro atoms. The average Bonchev–Trinajstić information content (AvgIpc) is 2.59.